The number of aromatic nitrogens is 1. The van der Waals surface area contributed by atoms with Crippen molar-refractivity contribution in [2.24, 2.45) is 0 Å². The third-order valence-corrected chi connectivity index (χ3v) is 3.79. The quantitative estimate of drug-likeness (QED) is 0.697. The molecule has 0 fully saturated rings. The number of anilines is 1. The summed E-state index contributed by atoms with van der Waals surface area (Å²) in [7, 11) is 0. The molecule has 3 nitrogen and oxygen atoms in total. The van der Waals surface area contributed by atoms with E-state index in [-0.39, 0.29) is 22.4 Å². The minimum atomic E-state index is -4.63. The standard InChI is InChI=1S/C13H9ClF6N2OS/c14-11-22-5-8(24-11)4-21-9-3-7(13(18,19)20)1-2-10(9)23-6-12(15,16)17/h1-3,5,21H,4,6H2. The lowest BCUT2D eigenvalue weighted by molar-refractivity contribution is -0.153. The molecular formula is C13H9ClF6N2OS. The van der Waals surface area contributed by atoms with Gasteiger partial charge in [0, 0.05) is 11.1 Å². The van der Waals surface area contributed by atoms with Crippen LogP contribution in [0.25, 0.3) is 0 Å². The van der Waals surface area contributed by atoms with Gasteiger partial charge >= 0.3 is 12.4 Å². The number of hydrogen-bond acceptors (Lipinski definition) is 4. The van der Waals surface area contributed by atoms with Gasteiger partial charge in [0.25, 0.3) is 0 Å². The topological polar surface area (TPSA) is 34.1 Å². The number of hydrogen-bond donors (Lipinski definition) is 1. The van der Waals surface area contributed by atoms with Crippen molar-refractivity contribution in [3.8, 4) is 5.75 Å². The van der Waals surface area contributed by atoms with Gasteiger partial charge in [0.1, 0.15) is 5.75 Å². The molecule has 2 aromatic rings. The Hall–Kier alpha value is -1.68. The number of rotatable bonds is 5. The highest BCUT2D eigenvalue weighted by molar-refractivity contribution is 7.15. The SMILES string of the molecule is FC(F)(F)COc1ccc(C(F)(F)F)cc1NCc1cnc(Cl)s1. The summed E-state index contributed by atoms with van der Waals surface area (Å²) in [6.45, 7) is -1.58. The van der Waals surface area contributed by atoms with E-state index in [1.165, 1.54) is 6.20 Å². The van der Waals surface area contributed by atoms with E-state index < -0.39 is 24.5 Å². The van der Waals surface area contributed by atoms with Crippen LogP contribution in [0.4, 0.5) is 32.0 Å². The number of alkyl halides is 6. The van der Waals surface area contributed by atoms with Gasteiger partial charge in [0.2, 0.25) is 0 Å². The van der Waals surface area contributed by atoms with Crippen LogP contribution in [0.5, 0.6) is 5.75 Å². The lowest BCUT2D eigenvalue weighted by Gasteiger charge is -2.16. The molecular weight excluding hydrogens is 382 g/mol. The van der Waals surface area contributed by atoms with Crippen LogP contribution in [-0.2, 0) is 12.7 Å². The molecule has 0 saturated carbocycles. The molecule has 1 aromatic heterocycles. The normalized spacial score (nSPS) is 12.3. The second kappa shape index (κ2) is 7.06. The van der Waals surface area contributed by atoms with Crippen LogP contribution >= 0.6 is 22.9 Å². The number of thiazole rings is 1. The number of nitrogens with one attached hydrogen (secondary N) is 1. The first-order chi connectivity index (χ1) is 11.0. The first-order valence-corrected chi connectivity index (χ1v) is 7.49. The van der Waals surface area contributed by atoms with E-state index in [9.17, 15) is 26.3 Å². The predicted octanol–water partition coefficient (Wildman–Crippen LogP) is 5.37. The van der Waals surface area contributed by atoms with E-state index in [1.807, 2.05) is 0 Å². The van der Waals surface area contributed by atoms with Gasteiger partial charge in [0.15, 0.2) is 11.1 Å². The first kappa shape index (κ1) is 18.7. The summed E-state index contributed by atoms with van der Waals surface area (Å²) in [5.74, 6) is -0.337. The van der Waals surface area contributed by atoms with Crippen molar-refractivity contribution >= 4 is 28.6 Å². The maximum Gasteiger partial charge on any atom is 0.422 e. The summed E-state index contributed by atoms with van der Waals surface area (Å²) < 4.78 is 79.9. The minimum absolute atomic E-state index is 0.0358. The van der Waals surface area contributed by atoms with E-state index in [4.69, 9.17) is 11.6 Å². The van der Waals surface area contributed by atoms with Gasteiger partial charge < -0.3 is 10.1 Å². The van der Waals surface area contributed by atoms with Crippen molar-refractivity contribution in [3.63, 3.8) is 0 Å². The second-order valence-electron chi connectivity index (χ2n) is 4.55. The number of nitrogens with zero attached hydrogens (tertiary/aromatic N) is 1. The molecule has 1 heterocycles. The van der Waals surface area contributed by atoms with Crippen molar-refractivity contribution in [2.75, 3.05) is 11.9 Å². The molecule has 0 bridgehead atoms. The first-order valence-electron chi connectivity index (χ1n) is 6.29. The molecule has 0 aliphatic rings. The Labute approximate surface area is 141 Å². The molecule has 0 atom stereocenters. The Morgan fingerprint density at radius 1 is 1.17 bits per heavy atom. The molecule has 1 aromatic carbocycles. The van der Waals surface area contributed by atoms with Crippen LogP contribution in [0.3, 0.4) is 0 Å². The molecule has 24 heavy (non-hydrogen) atoms. The molecule has 2 rings (SSSR count). The fourth-order valence-electron chi connectivity index (χ4n) is 1.68. The van der Waals surface area contributed by atoms with Crippen molar-refractivity contribution in [1.29, 1.82) is 0 Å². The summed E-state index contributed by atoms with van der Waals surface area (Å²) in [6, 6.07) is 2.19. The third kappa shape index (κ3) is 5.45. The van der Waals surface area contributed by atoms with E-state index in [0.29, 0.717) is 17.0 Å². The van der Waals surface area contributed by atoms with Crippen LogP contribution in [0, 0.1) is 0 Å². The zero-order valence-electron chi connectivity index (χ0n) is 11.6. The smallest absolute Gasteiger partial charge is 0.422 e. The Bertz CT molecular complexity index is 701. The maximum atomic E-state index is 12.8. The van der Waals surface area contributed by atoms with Crippen molar-refractivity contribution < 1.29 is 31.1 Å². The molecule has 0 radical (unpaired) electrons. The van der Waals surface area contributed by atoms with Gasteiger partial charge in [-0.05, 0) is 18.2 Å². The van der Waals surface area contributed by atoms with Crippen LogP contribution in [0.2, 0.25) is 4.47 Å². The van der Waals surface area contributed by atoms with E-state index in [1.54, 1.807) is 0 Å². The van der Waals surface area contributed by atoms with Gasteiger partial charge in [-0.3, -0.25) is 0 Å². The lowest BCUT2D eigenvalue weighted by atomic mass is 10.1. The van der Waals surface area contributed by atoms with Gasteiger partial charge in [-0.15, -0.1) is 11.3 Å². The Morgan fingerprint density at radius 3 is 2.42 bits per heavy atom. The summed E-state index contributed by atoms with van der Waals surface area (Å²) in [5.41, 5.74) is -1.22. The summed E-state index contributed by atoms with van der Waals surface area (Å²) in [4.78, 5) is 4.36. The molecule has 0 saturated heterocycles. The highest BCUT2D eigenvalue weighted by Gasteiger charge is 2.32. The van der Waals surface area contributed by atoms with Crippen LogP contribution < -0.4 is 10.1 Å². The average Bonchev–Trinajstić information content (AvgIpc) is 2.87. The summed E-state index contributed by atoms with van der Waals surface area (Å²) in [5, 5.41) is 2.61. The number of ether oxygens (including phenoxy) is 1. The van der Waals surface area contributed by atoms with Gasteiger partial charge in [-0.2, -0.15) is 26.3 Å². The summed E-state index contributed by atoms with van der Waals surface area (Å²) >= 11 is 6.73. The monoisotopic (exact) mass is 390 g/mol. The van der Waals surface area contributed by atoms with Crippen molar-refractivity contribution in [3.05, 3.63) is 39.3 Å². The molecule has 132 valence electrons. The van der Waals surface area contributed by atoms with E-state index >= 15 is 0 Å². The molecule has 0 aliphatic carbocycles. The van der Waals surface area contributed by atoms with Gasteiger partial charge in [-0.1, -0.05) is 11.6 Å². The highest BCUT2D eigenvalue weighted by Crippen LogP contribution is 2.36. The molecule has 0 unspecified atom stereocenters. The molecule has 11 heteroatoms. The lowest BCUT2D eigenvalue weighted by Crippen LogP contribution is -2.20. The third-order valence-electron chi connectivity index (χ3n) is 2.68. The van der Waals surface area contributed by atoms with Crippen LogP contribution in [-0.4, -0.2) is 17.8 Å². The fourth-order valence-corrected chi connectivity index (χ4v) is 2.60. The number of benzene rings is 1. The molecule has 0 amide bonds. The zero-order valence-corrected chi connectivity index (χ0v) is 13.2. The van der Waals surface area contributed by atoms with Crippen molar-refractivity contribution in [2.45, 2.75) is 18.9 Å². The second-order valence-corrected chi connectivity index (χ2v) is 6.24. The zero-order chi connectivity index (χ0) is 18.0. The van der Waals surface area contributed by atoms with E-state index in [2.05, 4.69) is 15.0 Å². The van der Waals surface area contributed by atoms with Crippen LogP contribution in [0.1, 0.15) is 10.4 Å². The molecule has 0 spiro atoms. The molecule has 1 N–H and O–H groups in total. The van der Waals surface area contributed by atoms with E-state index in [0.717, 1.165) is 17.4 Å². The Balaban J connectivity index is 2.22. The predicted molar refractivity (Wildman–Crippen MR) is 77.4 cm³/mol. The van der Waals surface area contributed by atoms with Gasteiger partial charge in [0.05, 0.1) is 17.8 Å². The molecule has 0 aliphatic heterocycles. The fraction of sp³-hybridized carbons (Fsp3) is 0.308. The minimum Gasteiger partial charge on any atom is -0.482 e. The van der Waals surface area contributed by atoms with Crippen LogP contribution in [0.15, 0.2) is 24.4 Å². The Kier molecular flexibility index (Phi) is 5.49. The van der Waals surface area contributed by atoms with Gasteiger partial charge in [-0.25, -0.2) is 4.98 Å². The average molecular weight is 391 g/mol. The maximum absolute atomic E-state index is 12.8. The Morgan fingerprint density at radius 2 is 1.88 bits per heavy atom. The number of halogens is 7. The largest absolute Gasteiger partial charge is 0.482 e. The summed E-state index contributed by atoms with van der Waals surface area (Å²) in [6.07, 6.45) is -7.83. The van der Waals surface area contributed by atoms with Crippen molar-refractivity contribution in [1.82, 2.24) is 4.98 Å². The highest BCUT2D eigenvalue weighted by atomic mass is 35.5.